The lowest BCUT2D eigenvalue weighted by Crippen LogP contribution is -2.18. The Morgan fingerprint density at radius 2 is 1.89 bits per heavy atom. The van der Waals surface area contributed by atoms with Crippen LogP contribution in [0.5, 0.6) is 0 Å². The van der Waals surface area contributed by atoms with Crippen LogP contribution in [0.25, 0.3) is 5.95 Å². The number of carbonyl (C=O) groups excluding carboxylic acids is 1. The summed E-state index contributed by atoms with van der Waals surface area (Å²) in [7, 11) is 0. The Morgan fingerprint density at radius 3 is 2.46 bits per heavy atom. The molecule has 3 rings (SSSR count). The third kappa shape index (κ3) is 4.27. The molecule has 1 aromatic carbocycles. The first-order chi connectivity index (χ1) is 13.1. The summed E-state index contributed by atoms with van der Waals surface area (Å²) in [6.07, 6.45) is -4.42. The average Bonchev–Trinajstić information content (AvgIpc) is 3.14. The maximum atomic E-state index is 12.6. The zero-order chi connectivity index (χ0) is 20.5. The SMILES string of the molecule is Cc1cc(C)n(-c2nnc(SCC(=O)Nc3ccc(C(F)(F)F)cc3)n2N)n1. The molecule has 2 aromatic heterocycles. The quantitative estimate of drug-likeness (QED) is 0.494. The Bertz CT molecular complexity index is 995. The highest BCUT2D eigenvalue weighted by Gasteiger charge is 2.30. The highest BCUT2D eigenvalue weighted by molar-refractivity contribution is 7.99. The number of alkyl halides is 3. The van der Waals surface area contributed by atoms with Gasteiger partial charge in [0.15, 0.2) is 0 Å². The summed E-state index contributed by atoms with van der Waals surface area (Å²) in [6, 6.07) is 6.05. The van der Waals surface area contributed by atoms with Crippen LogP contribution < -0.4 is 11.2 Å². The Kier molecular flexibility index (Phi) is 5.31. The van der Waals surface area contributed by atoms with Crippen LogP contribution in [0.15, 0.2) is 35.5 Å². The number of hydrogen-bond donors (Lipinski definition) is 2. The number of nitrogen functional groups attached to an aromatic ring is 1. The number of benzene rings is 1. The molecule has 0 bridgehead atoms. The van der Waals surface area contributed by atoms with Gasteiger partial charge < -0.3 is 11.2 Å². The number of hydrogen-bond acceptors (Lipinski definition) is 6. The third-order valence-corrected chi connectivity index (χ3v) is 4.62. The number of nitrogens with two attached hydrogens (primary N) is 1. The molecule has 0 aliphatic rings. The van der Waals surface area contributed by atoms with Crippen molar-refractivity contribution in [2.24, 2.45) is 0 Å². The smallest absolute Gasteiger partial charge is 0.334 e. The number of anilines is 1. The van der Waals surface area contributed by atoms with Crippen LogP contribution in [-0.2, 0) is 11.0 Å². The van der Waals surface area contributed by atoms with E-state index in [-0.39, 0.29) is 11.4 Å². The van der Waals surface area contributed by atoms with Crippen LogP contribution in [0.2, 0.25) is 0 Å². The largest absolute Gasteiger partial charge is 0.416 e. The van der Waals surface area contributed by atoms with Gasteiger partial charge in [-0.15, -0.1) is 10.2 Å². The lowest BCUT2D eigenvalue weighted by molar-refractivity contribution is -0.137. The summed E-state index contributed by atoms with van der Waals surface area (Å²) in [5.74, 6) is 5.82. The summed E-state index contributed by atoms with van der Waals surface area (Å²) in [5.41, 5.74) is 1.10. The molecule has 148 valence electrons. The standard InChI is InChI=1S/C16H16F3N7OS/c1-9-7-10(2)26(24-9)14-22-23-15(25(14)20)28-8-13(27)21-12-5-3-11(4-6-12)16(17,18)19/h3-7H,8,20H2,1-2H3,(H,21,27). The second-order valence-corrected chi connectivity index (χ2v) is 6.85. The van der Waals surface area contributed by atoms with Crippen molar-refractivity contribution in [1.82, 2.24) is 24.7 Å². The average molecular weight is 411 g/mol. The summed E-state index contributed by atoms with van der Waals surface area (Å²) < 4.78 is 40.4. The molecule has 1 amide bonds. The van der Waals surface area contributed by atoms with Crippen LogP contribution in [0.3, 0.4) is 0 Å². The van der Waals surface area contributed by atoms with Gasteiger partial charge in [0.05, 0.1) is 17.0 Å². The van der Waals surface area contributed by atoms with E-state index in [1.807, 2.05) is 19.9 Å². The lowest BCUT2D eigenvalue weighted by atomic mass is 10.2. The highest BCUT2D eigenvalue weighted by atomic mass is 32.2. The number of rotatable bonds is 5. The first kappa shape index (κ1) is 19.7. The molecule has 0 radical (unpaired) electrons. The number of nitrogens with zero attached hydrogens (tertiary/aromatic N) is 5. The zero-order valence-corrected chi connectivity index (χ0v) is 15.7. The molecule has 0 spiro atoms. The minimum atomic E-state index is -4.42. The second kappa shape index (κ2) is 7.54. The van der Waals surface area contributed by atoms with Crippen molar-refractivity contribution in [2.75, 3.05) is 16.9 Å². The van der Waals surface area contributed by atoms with E-state index in [4.69, 9.17) is 5.84 Å². The molecular weight excluding hydrogens is 395 g/mol. The van der Waals surface area contributed by atoms with Gasteiger partial charge in [0.1, 0.15) is 0 Å². The fourth-order valence-electron chi connectivity index (χ4n) is 2.41. The lowest BCUT2D eigenvalue weighted by Gasteiger charge is -2.08. The molecule has 3 N–H and O–H groups in total. The number of nitrogens with one attached hydrogen (secondary N) is 1. The fourth-order valence-corrected chi connectivity index (χ4v) is 3.06. The molecule has 3 aromatic rings. The third-order valence-electron chi connectivity index (χ3n) is 3.67. The maximum Gasteiger partial charge on any atom is 0.416 e. The van der Waals surface area contributed by atoms with Crippen LogP contribution >= 0.6 is 11.8 Å². The fraction of sp³-hybridized carbons (Fsp3) is 0.250. The molecule has 12 heteroatoms. The summed E-state index contributed by atoms with van der Waals surface area (Å²) in [4.78, 5) is 12.0. The van der Waals surface area contributed by atoms with E-state index < -0.39 is 17.6 Å². The molecule has 0 aliphatic heterocycles. The van der Waals surface area contributed by atoms with E-state index in [9.17, 15) is 18.0 Å². The van der Waals surface area contributed by atoms with Gasteiger partial charge in [-0.05, 0) is 44.2 Å². The molecule has 0 fully saturated rings. The van der Waals surface area contributed by atoms with Crippen molar-refractivity contribution in [3.8, 4) is 5.95 Å². The number of amides is 1. The van der Waals surface area contributed by atoms with Gasteiger partial charge in [-0.3, -0.25) is 4.79 Å². The van der Waals surface area contributed by atoms with Crippen molar-refractivity contribution >= 4 is 23.4 Å². The number of carbonyl (C=O) groups is 1. The number of aromatic nitrogens is 5. The second-order valence-electron chi connectivity index (χ2n) is 5.90. The van der Waals surface area contributed by atoms with Crippen LogP contribution in [-0.4, -0.2) is 36.3 Å². The molecule has 2 heterocycles. The van der Waals surface area contributed by atoms with E-state index >= 15 is 0 Å². The van der Waals surface area contributed by atoms with E-state index in [0.717, 1.165) is 35.3 Å². The predicted molar refractivity (Wildman–Crippen MR) is 97.6 cm³/mol. The molecule has 28 heavy (non-hydrogen) atoms. The molecule has 0 unspecified atom stereocenters. The van der Waals surface area contributed by atoms with E-state index in [2.05, 4.69) is 20.6 Å². The number of halogens is 3. The number of aryl methyl sites for hydroxylation is 2. The summed E-state index contributed by atoms with van der Waals surface area (Å²) in [6.45, 7) is 3.68. The van der Waals surface area contributed by atoms with Gasteiger partial charge in [-0.25, -0.2) is 9.36 Å². The van der Waals surface area contributed by atoms with Gasteiger partial charge in [0, 0.05) is 11.4 Å². The first-order valence-corrected chi connectivity index (χ1v) is 8.98. The van der Waals surface area contributed by atoms with Crippen molar-refractivity contribution in [3.63, 3.8) is 0 Å². The molecule has 0 saturated carbocycles. The Morgan fingerprint density at radius 1 is 1.21 bits per heavy atom. The topological polar surface area (TPSA) is 104 Å². The normalized spacial score (nSPS) is 11.6. The van der Waals surface area contributed by atoms with Crippen LogP contribution in [0.4, 0.5) is 18.9 Å². The van der Waals surface area contributed by atoms with Crippen molar-refractivity contribution < 1.29 is 18.0 Å². The summed E-state index contributed by atoms with van der Waals surface area (Å²) >= 11 is 1.04. The van der Waals surface area contributed by atoms with Gasteiger partial charge in [-0.1, -0.05) is 11.8 Å². The Labute approximate surface area is 161 Å². The van der Waals surface area contributed by atoms with Gasteiger partial charge in [0.2, 0.25) is 11.1 Å². The van der Waals surface area contributed by atoms with Crippen molar-refractivity contribution in [1.29, 1.82) is 0 Å². The van der Waals surface area contributed by atoms with E-state index in [1.54, 1.807) is 0 Å². The van der Waals surface area contributed by atoms with E-state index in [1.165, 1.54) is 21.5 Å². The minimum absolute atomic E-state index is 0.0481. The molecule has 0 atom stereocenters. The van der Waals surface area contributed by atoms with Crippen molar-refractivity contribution in [2.45, 2.75) is 25.2 Å². The molecule has 8 nitrogen and oxygen atoms in total. The number of thioether (sulfide) groups is 1. The predicted octanol–water partition coefficient (Wildman–Crippen LogP) is 2.54. The molecule has 0 aliphatic carbocycles. The van der Waals surface area contributed by atoms with Crippen molar-refractivity contribution in [3.05, 3.63) is 47.3 Å². The highest BCUT2D eigenvalue weighted by Crippen LogP contribution is 2.29. The van der Waals surface area contributed by atoms with E-state index in [0.29, 0.717) is 11.1 Å². The molecule has 0 saturated heterocycles. The van der Waals surface area contributed by atoms with Gasteiger partial charge >= 0.3 is 6.18 Å². The van der Waals surface area contributed by atoms with Crippen LogP contribution in [0, 0.1) is 13.8 Å². The van der Waals surface area contributed by atoms with Crippen LogP contribution in [0.1, 0.15) is 17.0 Å². The summed E-state index contributed by atoms with van der Waals surface area (Å²) in [5, 5.41) is 15.0. The zero-order valence-electron chi connectivity index (χ0n) is 14.9. The molecular formula is C16H16F3N7OS. The monoisotopic (exact) mass is 411 g/mol. The minimum Gasteiger partial charge on any atom is -0.334 e. The Balaban J connectivity index is 1.61. The Hall–Kier alpha value is -3.02. The maximum absolute atomic E-state index is 12.6. The van der Waals surface area contributed by atoms with Gasteiger partial charge in [-0.2, -0.15) is 18.3 Å². The van der Waals surface area contributed by atoms with Gasteiger partial charge in [0.25, 0.3) is 5.95 Å². The first-order valence-electron chi connectivity index (χ1n) is 7.99.